The highest BCUT2D eigenvalue weighted by molar-refractivity contribution is 5.77. The number of benzene rings is 2. The topological polar surface area (TPSA) is 58.6 Å². The van der Waals surface area contributed by atoms with E-state index in [0.717, 1.165) is 24.0 Å². The second-order valence-electron chi connectivity index (χ2n) is 5.36. The van der Waals surface area contributed by atoms with Crippen molar-refractivity contribution in [3.8, 4) is 5.75 Å². The van der Waals surface area contributed by atoms with Crippen LogP contribution in [0.5, 0.6) is 5.75 Å². The van der Waals surface area contributed by atoms with Gasteiger partial charge in [0, 0.05) is 6.54 Å². The molecule has 0 saturated heterocycles. The van der Waals surface area contributed by atoms with Crippen LogP contribution in [-0.4, -0.2) is 24.2 Å². The van der Waals surface area contributed by atoms with E-state index < -0.39 is 0 Å². The van der Waals surface area contributed by atoms with Gasteiger partial charge in [-0.25, -0.2) is 0 Å². The monoisotopic (exact) mass is 313 g/mol. The summed E-state index contributed by atoms with van der Waals surface area (Å²) < 4.78 is 5.46. The maximum atomic E-state index is 11.8. The van der Waals surface area contributed by atoms with Gasteiger partial charge in [-0.3, -0.25) is 4.79 Å². The zero-order chi connectivity index (χ0) is 16.5. The number of rotatable bonds is 8. The van der Waals surface area contributed by atoms with Crippen molar-refractivity contribution in [1.29, 1.82) is 0 Å². The summed E-state index contributed by atoms with van der Waals surface area (Å²) in [6.45, 7) is 2.73. The Morgan fingerprint density at radius 3 is 2.22 bits per heavy atom. The van der Waals surface area contributed by atoms with Gasteiger partial charge in [0.1, 0.15) is 5.75 Å². The van der Waals surface area contributed by atoms with Crippen LogP contribution in [-0.2, 0) is 24.2 Å². The summed E-state index contributed by atoms with van der Waals surface area (Å²) in [6, 6.07) is 15.5. The Bertz CT molecular complexity index is 606. The molecular weight excluding hydrogens is 290 g/mol. The number of aliphatic hydroxyl groups excluding tert-OH is 1. The molecule has 0 bridgehead atoms. The van der Waals surface area contributed by atoms with E-state index in [1.54, 1.807) is 0 Å². The van der Waals surface area contributed by atoms with Crippen LogP contribution in [0.3, 0.4) is 0 Å². The van der Waals surface area contributed by atoms with Crippen LogP contribution in [0.2, 0.25) is 0 Å². The fraction of sp³-hybridized carbons (Fsp3) is 0.316. The number of aliphatic hydroxyl groups is 1. The Kier molecular flexibility index (Phi) is 6.63. The lowest BCUT2D eigenvalue weighted by atomic mass is 10.1. The fourth-order valence-corrected chi connectivity index (χ4v) is 2.18. The lowest BCUT2D eigenvalue weighted by molar-refractivity contribution is -0.123. The third-order valence-corrected chi connectivity index (χ3v) is 3.64. The number of amides is 1. The van der Waals surface area contributed by atoms with E-state index >= 15 is 0 Å². The summed E-state index contributed by atoms with van der Waals surface area (Å²) in [6.07, 6.45) is 1.74. The molecule has 0 aliphatic rings. The molecule has 0 spiro atoms. The minimum atomic E-state index is -0.128. The largest absolute Gasteiger partial charge is 0.484 e. The Hall–Kier alpha value is -2.33. The molecule has 2 rings (SSSR count). The van der Waals surface area contributed by atoms with Crippen LogP contribution in [0.25, 0.3) is 0 Å². The molecule has 0 saturated carbocycles. The van der Waals surface area contributed by atoms with Crippen LogP contribution < -0.4 is 10.1 Å². The lowest BCUT2D eigenvalue weighted by Crippen LogP contribution is -2.30. The summed E-state index contributed by atoms with van der Waals surface area (Å²) in [4.78, 5) is 11.8. The van der Waals surface area contributed by atoms with Crippen molar-refractivity contribution < 1.29 is 14.6 Å². The predicted octanol–water partition coefficient (Wildman–Crippen LogP) is 2.48. The van der Waals surface area contributed by atoms with Gasteiger partial charge in [-0.15, -0.1) is 0 Å². The van der Waals surface area contributed by atoms with E-state index in [0.29, 0.717) is 12.3 Å². The number of hydrogen-bond donors (Lipinski definition) is 2. The number of hydrogen-bond acceptors (Lipinski definition) is 3. The summed E-state index contributed by atoms with van der Waals surface area (Å²) in [5.74, 6) is 0.577. The quantitative estimate of drug-likeness (QED) is 0.787. The molecule has 0 fully saturated rings. The molecule has 2 aromatic rings. The van der Waals surface area contributed by atoms with E-state index in [1.165, 1.54) is 5.56 Å². The summed E-state index contributed by atoms with van der Waals surface area (Å²) in [5.41, 5.74) is 3.26. The standard InChI is InChI=1S/C19H23NO3/c1-2-15-7-9-18(10-8-15)23-14-19(22)20-12-11-16-3-5-17(13-21)6-4-16/h3-10,21H,2,11-14H2,1H3,(H,20,22). The van der Waals surface area contributed by atoms with Gasteiger partial charge < -0.3 is 15.2 Å². The average molecular weight is 313 g/mol. The molecule has 122 valence electrons. The minimum Gasteiger partial charge on any atom is -0.484 e. The molecule has 2 N–H and O–H groups in total. The number of carbonyl (C=O) groups excluding carboxylic acids is 1. The molecule has 0 aromatic heterocycles. The van der Waals surface area contributed by atoms with Gasteiger partial charge in [0.2, 0.25) is 0 Å². The van der Waals surface area contributed by atoms with Gasteiger partial charge in [-0.1, -0.05) is 43.3 Å². The zero-order valence-corrected chi connectivity index (χ0v) is 13.4. The van der Waals surface area contributed by atoms with Crippen LogP contribution in [0, 0.1) is 0 Å². The van der Waals surface area contributed by atoms with Gasteiger partial charge in [0.05, 0.1) is 6.61 Å². The molecule has 0 aliphatic heterocycles. The minimum absolute atomic E-state index is 0.0227. The maximum Gasteiger partial charge on any atom is 0.257 e. The van der Waals surface area contributed by atoms with Crippen molar-refractivity contribution in [2.45, 2.75) is 26.4 Å². The predicted molar refractivity (Wildman–Crippen MR) is 90.4 cm³/mol. The van der Waals surface area contributed by atoms with Gasteiger partial charge in [0.15, 0.2) is 6.61 Å². The first-order chi connectivity index (χ1) is 11.2. The molecule has 4 heteroatoms. The maximum absolute atomic E-state index is 11.8. The molecule has 0 aliphatic carbocycles. The van der Waals surface area contributed by atoms with Crippen molar-refractivity contribution in [1.82, 2.24) is 5.32 Å². The van der Waals surface area contributed by atoms with Crippen molar-refractivity contribution in [2.24, 2.45) is 0 Å². The lowest BCUT2D eigenvalue weighted by Gasteiger charge is -2.08. The van der Waals surface area contributed by atoms with E-state index in [-0.39, 0.29) is 19.1 Å². The summed E-state index contributed by atoms with van der Waals surface area (Å²) in [7, 11) is 0. The third-order valence-electron chi connectivity index (χ3n) is 3.64. The fourth-order valence-electron chi connectivity index (χ4n) is 2.18. The first-order valence-corrected chi connectivity index (χ1v) is 7.88. The van der Waals surface area contributed by atoms with Crippen LogP contribution in [0.4, 0.5) is 0 Å². The molecule has 0 heterocycles. The van der Waals surface area contributed by atoms with Crippen LogP contribution >= 0.6 is 0 Å². The molecule has 0 unspecified atom stereocenters. The van der Waals surface area contributed by atoms with Crippen molar-refractivity contribution in [3.63, 3.8) is 0 Å². The molecule has 0 atom stereocenters. The number of nitrogens with one attached hydrogen (secondary N) is 1. The molecule has 23 heavy (non-hydrogen) atoms. The molecular formula is C19H23NO3. The van der Waals surface area contributed by atoms with Crippen molar-refractivity contribution >= 4 is 5.91 Å². The molecule has 2 aromatic carbocycles. The van der Waals surface area contributed by atoms with Gasteiger partial charge in [0.25, 0.3) is 5.91 Å². The van der Waals surface area contributed by atoms with Gasteiger partial charge >= 0.3 is 0 Å². The Balaban J connectivity index is 1.67. The first kappa shape index (κ1) is 17.0. The highest BCUT2D eigenvalue weighted by Gasteiger charge is 2.03. The Morgan fingerprint density at radius 1 is 1.00 bits per heavy atom. The van der Waals surface area contributed by atoms with Gasteiger partial charge in [-0.05, 0) is 41.7 Å². The van der Waals surface area contributed by atoms with Crippen molar-refractivity contribution in [3.05, 3.63) is 65.2 Å². The number of aryl methyl sites for hydroxylation is 1. The first-order valence-electron chi connectivity index (χ1n) is 7.88. The average Bonchev–Trinajstić information content (AvgIpc) is 2.61. The second kappa shape index (κ2) is 8.96. The van der Waals surface area contributed by atoms with Crippen LogP contribution in [0.1, 0.15) is 23.6 Å². The van der Waals surface area contributed by atoms with Crippen molar-refractivity contribution in [2.75, 3.05) is 13.2 Å². The highest BCUT2D eigenvalue weighted by atomic mass is 16.5. The molecule has 4 nitrogen and oxygen atoms in total. The third kappa shape index (κ3) is 5.75. The number of ether oxygens (including phenoxy) is 1. The highest BCUT2D eigenvalue weighted by Crippen LogP contribution is 2.12. The zero-order valence-electron chi connectivity index (χ0n) is 13.4. The van der Waals surface area contributed by atoms with E-state index in [1.807, 2.05) is 48.5 Å². The Morgan fingerprint density at radius 2 is 1.61 bits per heavy atom. The summed E-state index contributed by atoms with van der Waals surface area (Å²) in [5, 5.41) is 11.8. The van der Waals surface area contributed by atoms with Gasteiger partial charge in [-0.2, -0.15) is 0 Å². The smallest absolute Gasteiger partial charge is 0.257 e. The van der Waals surface area contributed by atoms with E-state index in [4.69, 9.17) is 9.84 Å². The Labute approximate surface area is 137 Å². The van der Waals surface area contributed by atoms with E-state index in [9.17, 15) is 4.79 Å². The second-order valence-corrected chi connectivity index (χ2v) is 5.36. The number of carbonyl (C=O) groups is 1. The SMILES string of the molecule is CCc1ccc(OCC(=O)NCCc2ccc(CO)cc2)cc1. The molecule has 0 radical (unpaired) electrons. The summed E-state index contributed by atoms with van der Waals surface area (Å²) >= 11 is 0. The molecule has 1 amide bonds. The van der Waals surface area contributed by atoms with Crippen LogP contribution in [0.15, 0.2) is 48.5 Å². The van der Waals surface area contributed by atoms with E-state index in [2.05, 4.69) is 12.2 Å². The normalized spacial score (nSPS) is 10.3.